The van der Waals surface area contributed by atoms with Crippen molar-refractivity contribution >= 4 is 39.1 Å². The summed E-state index contributed by atoms with van der Waals surface area (Å²) in [6.07, 6.45) is 6.92. The summed E-state index contributed by atoms with van der Waals surface area (Å²) in [5.74, 6) is 0.276. The Hall–Kier alpha value is -3.48. The summed E-state index contributed by atoms with van der Waals surface area (Å²) in [4.78, 5) is 20.6. The first-order valence-electron chi connectivity index (χ1n) is 7.28. The van der Waals surface area contributed by atoms with E-state index in [4.69, 9.17) is 4.74 Å². The van der Waals surface area contributed by atoms with Crippen molar-refractivity contribution in [3.05, 3.63) is 54.6 Å². The number of hydrogen-bond donors (Lipinski definition) is 2. The van der Waals surface area contributed by atoms with Crippen LogP contribution in [-0.2, 0) is 4.74 Å². The van der Waals surface area contributed by atoms with Crippen LogP contribution in [0, 0.1) is 0 Å². The number of nitrogens with zero attached hydrogens (tertiary/aromatic N) is 3. The molecule has 0 bridgehead atoms. The molecule has 2 N–H and O–H groups in total. The molecule has 7 nitrogen and oxygen atoms in total. The molecule has 0 aliphatic heterocycles. The summed E-state index contributed by atoms with van der Waals surface area (Å²) >= 11 is 0. The number of methoxy groups -OCH3 is 1. The first-order chi connectivity index (χ1) is 11.8. The number of H-pyrrole nitrogens is 1. The molecule has 1 aromatic carbocycles. The zero-order valence-corrected chi connectivity index (χ0v) is 12.8. The molecule has 0 aliphatic carbocycles. The van der Waals surface area contributed by atoms with E-state index in [0.717, 1.165) is 21.8 Å². The molecule has 0 radical (unpaired) electrons. The third-order valence-corrected chi connectivity index (χ3v) is 3.78. The molecule has 0 aliphatic rings. The maximum absolute atomic E-state index is 11.8. The van der Waals surface area contributed by atoms with Crippen LogP contribution in [0.2, 0.25) is 0 Å². The summed E-state index contributed by atoms with van der Waals surface area (Å²) in [6, 6.07) is 7.21. The van der Waals surface area contributed by atoms with Crippen LogP contribution in [0.3, 0.4) is 0 Å². The van der Waals surface area contributed by atoms with Crippen molar-refractivity contribution in [1.82, 2.24) is 20.2 Å². The van der Waals surface area contributed by atoms with Crippen LogP contribution in [0.4, 0.5) is 11.5 Å². The van der Waals surface area contributed by atoms with Crippen molar-refractivity contribution in [3.63, 3.8) is 0 Å². The molecular weight excluding hydrogens is 306 g/mol. The van der Waals surface area contributed by atoms with Gasteiger partial charge in [0.1, 0.15) is 5.82 Å². The van der Waals surface area contributed by atoms with E-state index in [0.29, 0.717) is 16.9 Å². The predicted octanol–water partition coefficient (Wildman–Crippen LogP) is 3.04. The minimum absolute atomic E-state index is 0.394. The first-order valence-corrected chi connectivity index (χ1v) is 7.28. The molecule has 3 aromatic heterocycles. The van der Waals surface area contributed by atoms with Gasteiger partial charge in [0.05, 0.1) is 30.1 Å². The molecular formula is C17H13N5O2. The molecule has 0 saturated carbocycles. The number of carbonyl (C=O) groups excluding carboxylic acids is 1. The van der Waals surface area contributed by atoms with Gasteiger partial charge in [-0.15, -0.1) is 0 Å². The number of rotatable bonds is 3. The van der Waals surface area contributed by atoms with Gasteiger partial charge in [-0.1, -0.05) is 6.07 Å². The molecule has 0 amide bonds. The van der Waals surface area contributed by atoms with E-state index in [1.54, 1.807) is 36.9 Å². The van der Waals surface area contributed by atoms with Crippen molar-refractivity contribution in [2.24, 2.45) is 0 Å². The first kappa shape index (κ1) is 14.1. The van der Waals surface area contributed by atoms with E-state index >= 15 is 0 Å². The number of fused-ring (bicyclic) bond motifs is 3. The van der Waals surface area contributed by atoms with Crippen molar-refractivity contribution in [2.45, 2.75) is 0 Å². The van der Waals surface area contributed by atoms with Crippen LogP contribution in [0.1, 0.15) is 10.4 Å². The maximum Gasteiger partial charge on any atom is 0.337 e. The van der Waals surface area contributed by atoms with Gasteiger partial charge in [-0.25, -0.2) is 9.78 Å². The van der Waals surface area contributed by atoms with Gasteiger partial charge in [0.2, 0.25) is 0 Å². The lowest BCUT2D eigenvalue weighted by molar-refractivity contribution is 0.0601. The molecule has 24 heavy (non-hydrogen) atoms. The normalized spacial score (nSPS) is 10.9. The number of hydrogen-bond acceptors (Lipinski definition) is 6. The lowest BCUT2D eigenvalue weighted by Crippen LogP contribution is -2.02. The van der Waals surface area contributed by atoms with Gasteiger partial charge in [0, 0.05) is 34.7 Å². The Morgan fingerprint density at radius 1 is 1.17 bits per heavy atom. The Labute approximate surface area is 136 Å². The minimum atomic E-state index is -0.394. The van der Waals surface area contributed by atoms with Crippen molar-refractivity contribution in [3.8, 4) is 0 Å². The van der Waals surface area contributed by atoms with E-state index in [2.05, 4.69) is 25.5 Å². The van der Waals surface area contributed by atoms with Gasteiger partial charge < -0.3 is 10.1 Å². The van der Waals surface area contributed by atoms with Crippen LogP contribution >= 0.6 is 0 Å². The Morgan fingerprint density at radius 2 is 2.08 bits per heavy atom. The number of esters is 1. The zero-order chi connectivity index (χ0) is 16.5. The second-order valence-electron chi connectivity index (χ2n) is 5.22. The Balaban J connectivity index is 1.96. The zero-order valence-electron chi connectivity index (χ0n) is 12.8. The van der Waals surface area contributed by atoms with E-state index in [1.165, 1.54) is 7.11 Å². The SMILES string of the molecule is COC(=O)c1ccc2c(c1)nc(Nc1cn[nH]c1)c1ccncc12. The van der Waals surface area contributed by atoms with Crippen LogP contribution in [-0.4, -0.2) is 33.2 Å². The van der Waals surface area contributed by atoms with Crippen LogP contribution in [0.25, 0.3) is 21.7 Å². The molecule has 7 heteroatoms. The quantitative estimate of drug-likeness (QED) is 0.445. The summed E-state index contributed by atoms with van der Waals surface area (Å²) in [5.41, 5.74) is 1.93. The molecule has 0 spiro atoms. The summed E-state index contributed by atoms with van der Waals surface area (Å²) in [7, 11) is 1.36. The number of ether oxygens (including phenoxy) is 1. The average molecular weight is 319 g/mol. The average Bonchev–Trinajstić information content (AvgIpc) is 3.14. The number of aromatic amines is 1. The second kappa shape index (κ2) is 5.62. The van der Waals surface area contributed by atoms with Crippen LogP contribution < -0.4 is 5.32 Å². The highest BCUT2D eigenvalue weighted by molar-refractivity contribution is 6.11. The highest BCUT2D eigenvalue weighted by atomic mass is 16.5. The minimum Gasteiger partial charge on any atom is -0.465 e. The lowest BCUT2D eigenvalue weighted by atomic mass is 10.1. The van der Waals surface area contributed by atoms with E-state index in [1.807, 2.05) is 12.1 Å². The Bertz CT molecular complexity index is 1040. The summed E-state index contributed by atoms with van der Waals surface area (Å²) in [6.45, 7) is 0. The van der Waals surface area contributed by atoms with Crippen molar-refractivity contribution in [2.75, 3.05) is 12.4 Å². The predicted molar refractivity (Wildman–Crippen MR) is 90.3 cm³/mol. The van der Waals surface area contributed by atoms with Gasteiger partial charge >= 0.3 is 5.97 Å². The molecule has 0 fully saturated rings. The van der Waals surface area contributed by atoms with Crippen LogP contribution in [0.5, 0.6) is 0 Å². The van der Waals surface area contributed by atoms with E-state index < -0.39 is 5.97 Å². The number of benzene rings is 1. The highest BCUT2D eigenvalue weighted by Crippen LogP contribution is 2.30. The number of pyridine rings is 2. The molecule has 118 valence electrons. The smallest absolute Gasteiger partial charge is 0.337 e. The Kier molecular flexibility index (Phi) is 3.31. The monoisotopic (exact) mass is 319 g/mol. The number of nitrogens with one attached hydrogen (secondary N) is 2. The third kappa shape index (κ3) is 2.32. The van der Waals surface area contributed by atoms with Gasteiger partial charge in [-0.3, -0.25) is 10.1 Å². The van der Waals surface area contributed by atoms with Crippen molar-refractivity contribution < 1.29 is 9.53 Å². The number of aromatic nitrogens is 4. The molecule has 0 unspecified atom stereocenters. The van der Waals surface area contributed by atoms with Crippen LogP contribution in [0.15, 0.2) is 49.1 Å². The number of anilines is 2. The Morgan fingerprint density at radius 3 is 2.88 bits per heavy atom. The fourth-order valence-corrected chi connectivity index (χ4v) is 2.64. The maximum atomic E-state index is 11.8. The standard InChI is InChI=1S/C17H13N5O2/c1-24-17(23)10-2-3-12-14-9-18-5-4-13(14)16(22-15(12)6-10)21-11-7-19-20-8-11/h2-9H,1H3,(H,19,20)(H,21,22). The second-order valence-corrected chi connectivity index (χ2v) is 5.22. The lowest BCUT2D eigenvalue weighted by Gasteiger charge is -2.11. The molecule has 0 atom stereocenters. The van der Waals surface area contributed by atoms with E-state index in [-0.39, 0.29) is 0 Å². The fourth-order valence-electron chi connectivity index (χ4n) is 2.64. The van der Waals surface area contributed by atoms with E-state index in [9.17, 15) is 4.79 Å². The molecule has 4 rings (SSSR count). The fraction of sp³-hybridized carbons (Fsp3) is 0.0588. The summed E-state index contributed by atoms with van der Waals surface area (Å²) < 4.78 is 4.78. The topological polar surface area (TPSA) is 92.8 Å². The van der Waals surface area contributed by atoms with Gasteiger partial charge in [0.25, 0.3) is 0 Å². The largest absolute Gasteiger partial charge is 0.465 e. The van der Waals surface area contributed by atoms with Gasteiger partial charge in [-0.05, 0) is 18.2 Å². The van der Waals surface area contributed by atoms with Gasteiger partial charge in [0.15, 0.2) is 0 Å². The third-order valence-electron chi connectivity index (χ3n) is 3.78. The van der Waals surface area contributed by atoms with Gasteiger partial charge in [-0.2, -0.15) is 5.10 Å². The molecule has 3 heterocycles. The van der Waals surface area contributed by atoms with Crippen molar-refractivity contribution in [1.29, 1.82) is 0 Å². The summed E-state index contributed by atoms with van der Waals surface area (Å²) in [5, 5.41) is 12.7. The molecule has 0 saturated heterocycles. The molecule has 4 aromatic rings. The number of carbonyl (C=O) groups is 1. The highest BCUT2D eigenvalue weighted by Gasteiger charge is 2.12.